The Balaban J connectivity index is 1.44. The van der Waals surface area contributed by atoms with Gasteiger partial charge in [0.2, 0.25) is 0 Å². The second-order valence-corrected chi connectivity index (χ2v) is 9.24. The maximum atomic E-state index is 12.9. The lowest BCUT2D eigenvalue weighted by atomic mass is 9.70. The van der Waals surface area contributed by atoms with Gasteiger partial charge in [-0.1, -0.05) is 61.9 Å². The van der Waals surface area contributed by atoms with Crippen molar-refractivity contribution in [2.24, 2.45) is 17.8 Å². The Hall–Kier alpha value is -2.14. The van der Waals surface area contributed by atoms with E-state index in [2.05, 4.69) is 43.8 Å². The van der Waals surface area contributed by atoms with Crippen molar-refractivity contribution in [3.63, 3.8) is 0 Å². The van der Waals surface area contributed by atoms with E-state index in [-0.39, 0.29) is 0 Å². The summed E-state index contributed by atoms with van der Waals surface area (Å²) in [5.74, 6) is 1.83. The topological polar surface area (TPSA) is 23.8 Å². The molecule has 0 bridgehead atoms. The molecule has 0 aliphatic heterocycles. The third-order valence-electron chi connectivity index (χ3n) is 7.27. The lowest BCUT2D eigenvalue weighted by Crippen LogP contribution is -2.22. The molecule has 160 valence electrons. The molecule has 1 aromatic carbocycles. The number of nitriles is 1. The van der Waals surface area contributed by atoms with E-state index in [1.165, 1.54) is 80.2 Å². The van der Waals surface area contributed by atoms with Crippen molar-refractivity contribution >= 4 is 0 Å². The van der Waals surface area contributed by atoms with Gasteiger partial charge in [0.25, 0.3) is 0 Å². The van der Waals surface area contributed by atoms with Gasteiger partial charge in [0.05, 0.1) is 0 Å². The summed E-state index contributed by atoms with van der Waals surface area (Å²) in [6, 6.07) is 10.9. The Morgan fingerprint density at radius 2 is 1.63 bits per heavy atom. The van der Waals surface area contributed by atoms with Crippen LogP contribution in [0.5, 0.6) is 0 Å². The molecule has 0 aromatic heterocycles. The number of allylic oxidation sites excluding steroid dienone is 5. The van der Waals surface area contributed by atoms with Crippen molar-refractivity contribution in [2.45, 2.75) is 77.0 Å². The van der Waals surface area contributed by atoms with E-state index in [9.17, 15) is 4.39 Å². The summed E-state index contributed by atoms with van der Waals surface area (Å²) >= 11 is 0. The number of hydrogen-bond donors (Lipinski definition) is 0. The highest BCUT2D eigenvalue weighted by Gasteiger charge is 2.29. The summed E-state index contributed by atoms with van der Waals surface area (Å²) in [6.45, 7) is 6.78. The molecule has 0 radical (unpaired) electrons. The van der Waals surface area contributed by atoms with Gasteiger partial charge in [0.1, 0.15) is 6.07 Å². The first-order valence-electron chi connectivity index (χ1n) is 11.8. The predicted molar refractivity (Wildman–Crippen MR) is 124 cm³/mol. The molecule has 0 amide bonds. The van der Waals surface area contributed by atoms with Gasteiger partial charge in [-0.15, -0.1) is 0 Å². The Bertz CT molecular complexity index is 779. The average Bonchev–Trinajstić information content (AvgIpc) is 2.80. The average molecular weight is 406 g/mol. The molecule has 2 fully saturated rings. The molecule has 2 saturated carbocycles. The minimum Gasteiger partial charge on any atom is -0.195 e. The molecule has 0 spiro atoms. The Morgan fingerprint density at radius 3 is 2.20 bits per heavy atom. The number of hydrogen-bond acceptors (Lipinski definition) is 1. The lowest BCUT2D eigenvalue weighted by molar-refractivity contribution is 0.290. The second kappa shape index (κ2) is 11.3. The van der Waals surface area contributed by atoms with Crippen molar-refractivity contribution in [1.82, 2.24) is 0 Å². The van der Waals surface area contributed by atoms with E-state index in [4.69, 9.17) is 5.26 Å². The molecule has 2 aliphatic carbocycles. The van der Waals surface area contributed by atoms with Gasteiger partial charge in [0, 0.05) is 0 Å². The molecule has 2 heteroatoms. The van der Waals surface area contributed by atoms with Gasteiger partial charge in [-0.05, 0) is 98.7 Å². The molecule has 3 rings (SSSR count). The zero-order valence-corrected chi connectivity index (χ0v) is 18.5. The summed E-state index contributed by atoms with van der Waals surface area (Å²) in [6.07, 6.45) is 17.2. The second-order valence-electron chi connectivity index (χ2n) is 9.24. The maximum Gasteiger partial charge on any atom is 0.199 e. The number of nitrogens with zero attached hydrogens (tertiary/aromatic N) is 1. The van der Waals surface area contributed by atoms with Crippen molar-refractivity contribution in [2.75, 3.05) is 0 Å². The summed E-state index contributed by atoms with van der Waals surface area (Å²) in [5.41, 5.74) is 4.47. The van der Waals surface area contributed by atoms with Crippen molar-refractivity contribution in [3.8, 4) is 6.07 Å². The molecular formula is C28H36FN. The van der Waals surface area contributed by atoms with Gasteiger partial charge >= 0.3 is 0 Å². The van der Waals surface area contributed by atoms with E-state index in [0.29, 0.717) is 23.7 Å². The van der Waals surface area contributed by atoms with E-state index >= 15 is 0 Å². The van der Waals surface area contributed by atoms with Crippen LogP contribution in [-0.4, -0.2) is 0 Å². The van der Waals surface area contributed by atoms with Crippen LogP contribution < -0.4 is 0 Å². The van der Waals surface area contributed by atoms with Crippen LogP contribution in [0.15, 0.2) is 60.5 Å². The number of halogens is 1. The van der Waals surface area contributed by atoms with E-state index in [1.54, 1.807) is 6.08 Å². The number of benzene rings is 1. The fourth-order valence-corrected chi connectivity index (χ4v) is 5.39. The third kappa shape index (κ3) is 6.18. The molecule has 0 unspecified atom stereocenters. The van der Waals surface area contributed by atoms with Crippen LogP contribution in [0.3, 0.4) is 0 Å². The van der Waals surface area contributed by atoms with E-state index < -0.39 is 5.83 Å². The summed E-state index contributed by atoms with van der Waals surface area (Å²) in [4.78, 5) is 0. The largest absolute Gasteiger partial charge is 0.199 e. The van der Waals surface area contributed by atoms with E-state index in [1.807, 2.05) is 0 Å². The monoisotopic (exact) mass is 405 g/mol. The van der Waals surface area contributed by atoms with Crippen LogP contribution in [0.4, 0.5) is 4.39 Å². The fraction of sp³-hybridized carbons (Fsp3) is 0.536. The normalized spacial score (nSPS) is 27.7. The molecule has 1 aromatic rings. The zero-order valence-electron chi connectivity index (χ0n) is 18.5. The van der Waals surface area contributed by atoms with Crippen LogP contribution in [0.2, 0.25) is 0 Å². The Morgan fingerprint density at radius 1 is 1.03 bits per heavy atom. The fourth-order valence-electron chi connectivity index (χ4n) is 5.39. The molecule has 0 saturated heterocycles. The highest BCUT2D eigenvalue weighted by atomic mass is 19.1. The predicted octanol–water partition coefficient (Wildman–Crippen LogP) is 8.21. The van der Waals surface area contributed by atoms with Gasteiger partial charge in [-0.3, -0.25) is 0 Å². The smallest absolute Gasteiger partial charge is 0.195 e. The lowest BCUT2D eigenvalue weighted by Gasteiger charge is -2.36. The summed E-state index contributed by atoms with van der Waals surface area (Å²) < 4.78 is 12.9. The van der Waals surface area contributed by atoms with Crippen LogP contribution >= 0.6 is 0 Å². The van der Waals surface area contributed by atoms with Crippen molar-refractivity contribution < 1.29 is 4.39 Å². The number of aryl methyl sites for hydroxylation is 1. The first-order chi connectivity index (χ1) is 14.6. The molecule has 2 aliphatic rings. The van der Waals surface area contributed by atoms with Crippen LogP contribution in [0, 0.1) is 29.1 Å². The van der Waals surface area contributed by atoms with Crippen LogP contribution in [-0.2, 0) is 6.42 Å². The standard InChI is InChI=1S/C28H36FN/c1-3-5-22-10-14-26(15-11-22)27-18-16-25(17-19-27)21(2)24-12-8-23(9-13-24)6-4-7-28(29)20-30/h4,6-7,10-11,14-15,23-25,27H,2-3,5,8-9,12-13,16-19H2,1H3. The minimum absolute atomic E-state index is 0.503. The Kier molecular flexibility index (Phi) is 8.50. The molecule has 1 nitrogen and oxygen atoms in total. The third-order valence-corrected chi connectivity index (χ3v) is 7.27. The van der Waals surface area contributed by atoms with Gasteiger partial charge < -0.3 is 0 Å². The zero-order chi connectivity index (χ0) is 21.3. The quantitative estimate of drug-likeness (QED) is 0.255. The van der Waals surface area contributed by atoms with Gasteiger partial charge in [-0.2, -0.15) is 9.65 Å². The van der Waals surface area contributed by atoms with Crippen LogP contribution in [0.25, 0.3) is 0 Å². The molecule has 0 heterocycles. The minimum atomic E-state index is -0.721. The summed E-state index contributed by atoms with van der Waals surface area (Å²) in [5, 5.41) is 8.47. The summed E-state index contributed by atoms with van der Waals surface area (Å²) in [7, 11) is 0. The first-order valence-corrected chi connectivity index (χ1v) is 11.8. The molecule has 0 atom stereocenters. The van der Waals surface area contributed by atoms with Gasteiger partial charge in [-0.25, -0.2) is 0 Å². The van der Waals surface area contributed by atoms with E-state index in [0.717, 1.165) is 12.8 Å². The SMILES string of the molecule is C=C(C1CCC(C=CC=C(F)C#N)CC1)C1CCC(c2ccc(CCC)cc2)CC1. The molecule has 30 heavy (non-hydrogen) atoms. The van der Waals surface area contributed by atoms with Crippen molar-refractivity contribution in [3.05, 3.63) is 71.6 Å². The molecule has 0 N–H and O–H groups in total. The maximum absolute atomic E-state index is 12.9. The highest BCUT2D eigenvalue weighted by molar-refractivity contribution is 5.26. The molecular weight excluding hydrogens is 369 g/mol. The van der Waals surface area contributed by atoms with Gasteiger partial charge in [0.15, 0.2) is 5.83 Å². The Labute approximate surface area is 182 Å². The number of rotatable bonds is 7. The van der Waals surface area contributed by atoms with Crippen LogP contribution in [0.1, 0.15) is 81.8 Å². The highest BCUT2D eigenvalue weighted by Crippen LogP contribution is 2.43. The first kappa shape index (κ1) is 22.5. The van der Waals surface area contributed by atoms with Crippen molar-refractivity contribution in [1.29, 1.82) is 5.26 Å².